The van der Waals surface area contributed by atoms with Crippen molar-refractivity contribution in [2.75, 3.05) is 47.5 Å². The molecular formula is C40H77NO8P+. The highest BCUT2D eigenvalue weighted by molar-refractivity contribution is 7.47. The summed E-state index contributed by atoms with van der Waals surface area (Å²) in [5, 5.41) is 0. The number of allylic oxidation sites excluding steroid dienone is 4. The predicted octanol–water partition coefficient (Wildman–Crippen LogP) is 10.8. The SMILES string of the molecule is CCCC/C=C/CCCCCCCC(=O)OC[C@H](COP(=O)(O)OCC[N+](C)(C)C)OC(=O)CCCC/C=C/CCCCCCCCCCC. The fraction of sp³-hybridized carbons (Fsp3) is 0.850. The molecule has 50 heavy (non-hydrogen) atoms. The van der Waals surface area contributed by atoms with Gasteiger partial charge in [0.05, 0.1) is 27.7 Å². The van der Waals surface area contributed by atoms with E-state index in [4.69, 9.17) is 18.5 Å². The monoisotopic (exact) mass is 731 g/mol. The van der Waals surface area contributed by atoms with Gasteiger partial charge in [0.1, 0.15) is 19.8 Å². The topological polar surface area (TPSA) is 108 Å². The van der Waals surface area contributed by atoms with Crippen molar-refractivity contribution in [2.24, 2.45) is 0 Å². The van der Waals surface area contributed by atoms with Crippen LogP contribution in [-0.2, 0) is 32.7 Å². The lowest BCUT2D eigenvalue weighted by atomic mass is 10.1. The van der Waals surface area contributed by atoms with E-state index in [9.17, 15) is 19.0 Å². The predicted molar refractivity (Wildman–Crippen MR) is 206 cm³/mol. The van der Waals surface area contributed by atoms with Crippen molar-refractivity contribution in [1.29, 1.82) is 0 Å². The molecule has 0 spiro atoms. The lowest BCUT2D eigenvalue weighted by Gasteiger charge is -2.24. The van der Waals surface area contributed by atoms with Crippen molar-refractivity contribution in [3.05, 3.63) is 24.3 Å². The summed E-state index contributed by atoms with van der Waals surface area (Å²) in [6.45, 7) is 4.34. The molecule has 1 N–H and O–H groups in total. The van der Waals surface area contributed by atoms with Crippen LogP contribution in [-0.4, -0.2) is 74.9 Å². The molecule has 0 saturated carbocycles. The summed E-state index contributed by atoms with van der Waals surface area (Å²) in [5.41, 5.74) is 0. The zero-order valence-corrected chi connectivity index (χ0v) is 33.8. The Hall–Kier alpha value is -1.51. The molecule has 294 valence electrons. The normalized spacial score (nSPS) is 14.0. The van der Waals surface area contributed by atoms with E-state index in [1.54, 1.807) is 0 Å². The first-order valence-electron chi connectivity index (χ1n) is 20.1. The summed E-state index contributed by atoms with van der Waals surface area (Å²) in [6.07, 6.45) is 33.7. The number of phosphoric acid groups is 1. The number of hydrogen-bond acceptors (Lipinski definition) is 7. The van der Waals surface area contributed by atoms with Crippen LogP contribution in [0.2, 0.25) is 0 Å². The van der Waals surface area contributed by atoms with Crippen molar-refractivity contribution in [3.8, 4) is 0 Å². The molecule has 0 aliphatic carbocycles. The van der Waals surface area contributed by atoms with Gasteiger partial charge in [0.15, 0.2) is 6.10 Å². The second kappa shape index (κ2) is 33.3. The van der Waals surface area contributed by atoms with Gasteiger partial charge in [0, 0.05) is 12.8 Å². The third-order valence-electron chi connectivity index (χ3n) is 8.45. The van der Waals surface area contributed by atoms with Crippen molar-refractivity contribution in [2.45, 2.75) is 174 Å². The van der Waals surface area contributed by atoms with Crippen LogP contribution in [0.3, 0.4) is 0 Å². The molecule has 1 unspecified atom stereocenters. The first kappa shape index (κ1) is 48.5. The minimum atomic E-state index is -4.37. The fourth-order valence-electron chi connectivity index (χ4n) is 5.22. The Morgan fingerprint density at radius 1 is 0.600 bits per heavy atom. The number of hydrogen-bond donors (Lipinski definition) is 1. The number of ether oxygens (including phenoxy) is 2. The third kappa shape index (κ3) is 36.3. The van der Waals surface area contributed by atoms with Gasteiger partial charge in [-0.05, 0) is 57.8 Å². The molecule has 2 atom stereocenters. The van der Waals surface area contributed by atoms with Crippen LogP contribution >= 0.6 is 7.82 Å². The highest BCUT2D eigenvalue weighted by atomic mass is 31.2. The van der Waals surface area contributed by atoms with Crippen LogP contribution in [0.1, 0.15) is 168 Å². The van der Waals surface area contributed by atoms with Gasteiger partial charge in [0.2, 0.25) is 0 Å². The highest BCUT2D eigenvalue weighted by Gasteiger charge is 2.27. The molecule has 9 nitrogen and oxygen atoms in total. The number of nitrogens with zero attached hydrogens (tertiary/aromatic N) is 1. The number of quaternary nitrogens is 1. The van der Waals surface area contributed by atoms with Gasteiger partial charge in [-0.2, -0.15) is 0 Å². The van der Waals surface area contributed by atoms with Crippen molar-refractivity contribution in [3.63, 3.8) is 0 Å². The zero-order valence-electron chi connectivity index (χ0n) is 32.9. The summed E-state index contributed by atoms with van der Waals surface area (Å²) < 4.78 is 34.1. The minimum Gasteiger partial charge on any atom is -0.462 e. The quantitative estimate of drug-likeness (QED) is 0.0223. The summed E-state index contributed by atoms with van der Waals surface area (Å²) in [4.78, 5) is 35.2. The number of rotatable bonds is 36. The van der Waals surface area contributed by atoms with Crippen LogP contribution < -0.4 is 0 Å². The lowest BCUT2D eigenvalue weighted by Crippen LogP contribution is -2.37. The average Bonchev–Trinajstić information content (AvgIpc) is 3.06. The molecule has 0 rings (SSSR count). The van der Waals surface area contributed by atoms with E-state index in [1.807, 2.05) is 21.1 Å². The van der Waals surface area contributed by atoms with E-state index < -0.39 is 26.5 Å². The van der Waals surface area contributed by atoms with Gasteiger partial charge in [-0.1, -0.05) is 122 Å². The number of esters is 2. The van der Waals surface area contributed by atoms with Crippen LogP contribution in [0, 0.1) is 0 Å². The Bertz CT molecular complexity index is 918. The molecule has 0 aliphatic rings. The smallest absolute Gasteiger partial charge is 0.462 e. The van der Waals surface area contributed by atoms with Gasteiger partial charge in [-0.25, -0.2) is 4.57 Å². The van der Waals surface area contributed by atoms with Crippen LogP contribution in [0.5, 0.6) is 0 Å². The Morgan fingerprint density at radius 2 is 1.04 bits per heavy atom. The molecule has 0 saturated heterocycles. The molecule has 0 heterocycles. The molecule has 0 aromatic heterocycles. The lowest BCUT2D eigenvalue weighted by molar-refractivity contribution is -0.870. The second-order valence-electron chi connectivity index (χ2n) is 14.7. The number of unbranched alkanes of at least 4 members (excludes halogenated alkanes) is 18. The van der Waals surface area contributed by atoms with Gasteiger partial charge in [-0.15, -0.1) is 0 Å². The maximum absolute atomic E-state index is 12.6. The molecule has 0 bridgehead atoms. The Kier molecular flexibility index (Phi) is 32.3. The largest absolute Gasteiger partial charge is 0.472 e. The fourth-order valence-corrected chi connectivity index (χ4v) is 5.96. The summed E-state index contributed by atoms with van der Waals surface area (Å²) in [7, 11) is 1.46. The first-order valence-corrected chi connectivity index (χ1v) is 21.6. The standard InChI is InChI=1S/C40H76NO8P/c1-6-8-10-12-14-16-18-19-20-21-23-25-27-29-31-33-40(43)49-38(37-48-50(44,45)47-35-34-41(3,4)5)36-46-39(42)32-30-28-26-24-22-17-15-13-11-9-7-2/h13,15,23,25,38H,6-12,14,16-22,24,26-37H2,1-5H3/p+1/b15-13+,25-23+/t38-/m1/s1. The molecular weight excluding hydrogens is 653 g/mol. The van der Waals surface area contributed by atoms with E-state index in [0.717, 1.165) is 64.2 Å². The maximum atomic E-state index is 12.6. The average molecular weight is 731 g/mol. The maximum Gasteiger partial charge on any atom is 0.472 e. The van der Waals surface area contributed by atoms with Crippen molar-refractivity contribution < 1.29 is 42.1 Å². The number of likely N-dealkylation sites (N-methyl/N-ethyl adjacent to an activating group) is 1. The van der Waals surface area contributed by atoms with E-state index in [0.29, 0.717) is 17.4 Å². The van der Waals surface area contributed by atoms with Crippen LogP contribution in [0.4, 0.5) is 0 Å². The highest BCUT2D eigenvalue weighted by Crippen LogP contribution is 2.43. The van der Waals surface area contributed by atoms with Gasteiger partial charge in [0.25, 0.3) is 0 Å². The van der Waals surface area contributed by atoms with Gasteiger partial charge in [-0.3, -0.25) is 18.6 Å². The van der Waals surface area contributed by atoms with E-state index in [-0.39, 0.29) is 32.0 Å². The molecule has 0 amide bonds. The second-order valence-corrected chi connectivity index (χ2v) is 16.1. The van der Waals surface area contributed by atoms with Crippen LogP contribution in [0.15, 0.2) is 24.3 Å². The van der Waals surface area contributed by atoms with Crippen molar-refractivity contribution in [1.82, 2.24) is 0 Å². The van der Waals surface area contributed by atoms with Gasteiger partial charge < -0.3 is 18.9 Å². The van der Waals surface area contributed by atoms with Crippen LogP contribution in [0.25, 0.3) is 0 Å². The van der Waals surface area contributed by atoms with E-state index >= 15 is 0 Å². The molecule has 0 fully saturated rings. The molecule has 0 aromatic rings. The zero-order chi connectivity index (χ0) is 37.2. The summed E-state index contributed by atoms with van der Waals surface area (Å²) >= 11 is 0. The van der Waals surface area contributed by atoms with E-state index in [1.165, 1.54) is 70.6 Å². The molecule has 10 heteroatoms. The van der Waals surface area contributed by atoms with Crippen molar-refractivity contribution >= 4 is 19.8 Å². The molecule has 0 radical (unpaired) electrons. The summed E-state index contributed by atoms with van der Waals surface area (Å²) in [6, 6.07) is 0. The Labute approximate surface area is 307 Å². The number of carbonyl (C=O) groups is 2. The first-order chi connectivity index (χ1) is 24.0. The number of phosphoric ester groups is 1. The van der Waals surface area contributed by atoms with E-state index in [2.05, 4.69) is 38.2 Å². The molecule has 0 aromatic carbocycles. The Morgan fingerprint density at radius 3 is 1.58 bits per heavy atom. The van der Waals surface area contributed by atoms with Gasteiger partial charge >= 0.3 is 19.8 Å². The third-order valence-corrected chi connectivity index (χ3v) is 9.44. The summed E-state index contributed by atoms with van der Waals surface area (Å²) in [5.74, 6) is -0.835. The molecule has 0 aliphatic heterocycles. The Balaban J connectivity index is 4.45. The number of carbonyl (C=O) groups excluding carboxylic acids is 2. The minimum absolute atomic E-state index is 0.0278.